The van der Waals surface area contributed by atoms with Crippen LogP contribution in [0.25, 0.3) is 0 Å². The lowest BCUT2D eigenvalue weighted by Crippen LogP contribution is -2.05. The number of ether oxygens (including phenoxy) is 2. The Morgan fingerprint density at radius 1 is 1.33 bits per heavy atom. The number of methoxy groups -OCH3 is 2. The molecule has 0 bridgehead atoms. The first-order chi connectivity index (χ1) is 4.26. The Hall–Kier alpha value is -0.990. The van der Waals surface area contributed by atoms with Crippen molar-refractivity contribution in [3.8, 4) is 0 Å². The van der Waals surface area contributed by atoms with Crippen molar-refractivity contribution in [2.45, 2.75) is 6.92 Å². The standard InChI is InChI=1S/C6H10O3/c1-4-5(8-2)6(7)9-3/h4H,1-3H3/b5-4+. The van der Waals surface area contributed by atoms with E-state index >= 15 is 0 Å². The Morgan fingerprint density at radius 3 is 2.00 bits per heavy atom. The zero-order valence-electron chi connectivity index (χ0n) is 5.80. The van der Waals surface area contributed by atoms with Gasteiger partial charge in [0.15, 0.2) is 5.76 Å². The molecule has 0 aromatic heterocycles. The van der Waals surface area contributed by atoms with Crippen molar-refractivity contribution in [3.63, 3.8) is 0 Å². The van der Waals surface area contributed by atoms with Crippen molar-refractivity contribution in [1.29, 1.82) is 0 Å². The Labute approximate surface area is 54.3 Å². The third kappa shape index (κ3) is 2.17. The van der Waals surface area contributed by atoms with E-state index in [1.807, 2.05) is 0 Å². The van der Waals surface area contributed by atoms with Crippen LogP contribution in [-0.2, 0) is 14.3 Å². The van der Waals surface area contributed by atoms with Gasteiger partial charge >= 0.3 is 5.97 Å². The number of esters is 1. The zero-order valence-corrected chi connectivity index (χ0v) is 5.80. The largest absolute Gasteiger partial charge is 0.490 e. The van der Waals surface area contributed by atoms with E-state index in [4.69, 9.17) is 0 Å². The van der Waals surface area contributed by atoms with Crippen molar-refractivity contribution >= 4 is 5.97 Å². The molecule has 3 nitrogen and oxygen atoms in total. The first kappa shape index (κ1) is 8.01. The van der Waals surface area contributed by atoms with Crippen molar-refractivity contribution in [3.05, 3.63) is 11.8 Å². The third-order valence-electron chi connectivity index (χ3n) is 0.869. The topological polar surface area (TPSA) is 35.5 Å². The van der Waals surface area contributed by atoms with Gasteiger partial charge in [-0.1, -0.05) is 0 Å². The Kier molecular flexibility index (Phi) is 3.51. The van der Waals surface area contributed by atoms with Gasteiger partial charge in [-0.2, -0.15) is 0 Å². The molecule has 0 heterocycles. The van der Waals surface area contributed by atoms with Crippen LogP contribution >= 0.6 is 0 Å². The van der Waals surface area contributed by atoms with Crippen LogP contribution < -0.4 is 0 Å². The maximum Gasteiger partial charge on any atom is 0.372 e. The average molecular weight is 130 g/mol. The second kappa shape index (κ2) is 3.95. The molecular weight excluding hydrogens is 120 g/mol. The van der Waals surface area contributed by atoms with Crippen LogP contribution in [0.4, 0.5) is 0 Å². The average Bonchev–Trinajstić information content (AvgIpc) is 1.90. The fraction of sp³-hybridized carbons (Fsp3) is 0.500. The van der Waals surface area contributed by atoms with Crippen molar-refractivity contribution < 1.29 is 14.3 Å². The van der Waals surface area contributed by atoms with Gasteiger partial charge in [0.2, 0.25) is 0 Å². The lowest BCUT2D eigenvalue weighted by molar-refractivity contribution is -0.139. The van der Waals surface area contributed by atoms with Gasteiger partial charge in [0.1, 0.15) is 0 Å². The number of hydrogen-bond donors (Lipinski definition) is 0. The lowest BCUT2D eigenvalue weighted by atomic mass is 10.5. The summed E-state index contributed by atoms with van der Waals surface area (Å²) in [5.74, 6) is -0.211. The van der Waals surface area contributed by atoms with E-state index in [0.29, 0.717) is 0 Å². The van der Waals surface area contributed by atoms with Gasteiger partial charge in [0.05, 0.1) is 14.2 Å². The first-order valence-electron chi connectivity index (χ1n) is 2.54. The minimum atomic E-state index is -0.444. The SMILES string of the molecule is C/C=C(/OC)C(=O)OC. The van der Waals surface area contributed by atoms with E-state index in [2.05, 4.69) is 9.47 Å². The van der Waals surface area contributed by atoms with Crippen LogP contribution in [-0.4, -0.2) is 20.2 Å². The van der Waals surface area contributed by atoms with Crippen LogP contribution in [0.2, 0.25) is 0 Å². The maximum atomic E-state index is 10.6. The molecule has 0 spiro atoms. The summed E-state index contributed by atoms with van der Waals surface area (Å²) in [7, 11) is 2.73. The molecule has 52 valence electrons. The smallest absolute Gasteiger partial charge is 0.372 e. The predicted molar refractivity (Wildman–Crippen MR) is 32.8 cm³/mol. The summed E-state index contributed by atoms with van der Waals surface area (Å²) in [6.07, 6.45) is 1.55. The van der Waals surface area contributed by atoms with Gasteiger partial charge in [0, 0.05) is 0 Å². The van der Waals surface area contributed by atoms with Crippen molar-refractivity contribution in [2.24, 2.45) is 0 Å². The number of allylic oxidation sites excluding steroid dienone is 1. The minimum absolute atomic E-state index is 0.234. The molecule has 0 saturated carbocycles. The maximum absolute atomic E-state index is 10.6. The summed E-state index contributed by atoms with van der Waals surface area (Å²) in [6.45, 7) is 1.70. The zero-order chi connectivity index (χ0) is 7.28. The highest BCUT2D eigenvalue weighted by Crippen LogP contribution is 1.95. The van der Waals surface area contributed by atoms with Gasteiger partial charge in [-0.25, -0.2) is 4.79 Å². The van der Waals surface area contributed by atoms with Gasteiger partial charge < -0.3 is 9.47 Å². The predicted octanol–water partition coefficient (Wildman–Crippen LogP) is 0.710. The highest BCUT2D eigenvalue weighted by molar-refractivity contribution is 5.85. The number of carbonyl (C=O) groups is 1. The van der Waals surface area contributed by atoms with Crippen molar-refractivity contribution in [2.75, 3.05) is 14.2 Å². The van der Waals surface area contributed by atoms with Crippen LogP contribution in [0, 0.1) is 0 Å². The van der Waals surface area contributed by atoms with Crippen LogP contribution in [0.15, 0.2) is 11.8 Å². The molecule has 0 fully saturated rings. The molecule has 0 aromatic carbocycles. The highest BCUT2D eigenvalue weighted by Gasteiger charge is 2.05. The minimum Gasteiger partial charge on any atom is -0.490 e. The molecule has 0 radical (unpaired) electrons. The van der Waals surface area contributed by atoms with E-state index < -0.39 is 5.97 Å². The normalized spacial score (nSPS) is 10.8. The number of hydrogen-bond acceptors (Lipinski definition) is 3. The van der Waals surface area contributed by atoms with Crippen molar-refractivity contribution in [1.82, 2.24) is 0 Å². The van der Waals surface area contributed by atoms with E-state index in [0.717, 1.165) is 0 Å². The Bertz CT molecular complexity index is 126. The summed E-state index contributed by atoms with van der Waals surface area (Å²) < 4.78 is 9.00. The third-order valence-corrected chi connectivity index (χ3v) is 0.869. The molecular formula is C6H10O3. The summed E-state index contributed by atoms with van der Waals surface area (Å²) >= 11 is 0. The highest BCUT2D eigenvalue weighted by atomic mass is 16.6. The van der Waals surface area contributed by atoms with Crippen LogP contribution in [0.5, 0.6) is 0 Å². The molecule has 0 N–H and O–H groups in total. The summed E-state index contributed by atoms with van der Waals surface area (Å²) in [4.78, 5) is 10.6. The second-order valence-electron chi connectivity index (χ2n) is 1.35. The fourth-order valence-corrected chi connectivity index (χ4v) is 0.420. The first-order valence-corrected chi connectivity index (χ1v) is 2.54. The van der Waals surface area contributed by atoms with Gasteiger partial charge in [-0.05, 0) is 13.0 Å². The van der Waals surface area contributed by atoms with Crippen LogP contribution in [0.1, 0.15) is 6.92 Å². The van der Waals surface area contributed by atoms with E-state index in [1.54, 1.807) is 13.0 Å². The number of rotatable bonds is 2. The summed E-state index contributed by atoms with van der Waals surface area (Å²) in [5, 5.41) is 0. The molecule has 0 saturated heterocycles. The molecule has 9 heavy (non-hydrogen) atoms. The molecule has 0 aliphatic rings. The van der Waals surface area contributed by atoms with Gasteiger partial charge in [0.25, 0.3) is 0 Å². The summed E-state index contributed by atoms with van der Waals surface area (Å²) in [6, 6.07) is 0. The molecule has 0 atom stereocenters. The molecule has 0 amide bonds. The molecule has 0 unspecified atom stereocenters. The van der Waals surface area contributed by atoms with E-state index in [-0.39, 0.29) is 5.76 Å². The Morgan fingerprint density at radius 2 is 1.89 bits per heavy atom. The molecule has 0 aliphatic carbocycles. The van der Waals surface area contributed by atoms with E-state index in [1.165, 1.54) is 14.2 Å². The monoisotopic (exact) mass is 130 g/mol. The molecule has 0 aliphatic heterocycles. The Balaban J connectivity index is 3.97. The number of carbonyl (C=O) groups excluding carboxylic acids is 1. The molecule has 0 aromatic rings. The van der Waals surface area contributed by atoms with Gasteiger partial charge in [-0.15, -0.1) is 0 Å². The second-order valence-corrected chi connectivity index (χ2v) is 1.35. The molecule has 3 heteroatoms. The fourth-order valence-electron chi connectivity index (χ4n) is 0.420. The lowest BCUT2D eigenvalue weighted by Gasteiger charge is -2.00. The quantitative estimate of drug-likeness (QED) is 0.314. The van der Waals surface area contributed by atoms with Crippen LogP contribution in [0.3, 0.4) is 0 Å². The van der Waals surface area contributed by atoms with E-state index in [9.17, 15) is 4.79 Å². The summed E-state index contributed by atoms with van der Waals surface area (Å²) in [5.41, 5.74) is 0. The van der Waals surface area contributed by atoms with Gasteiger partial charge in [-0.3, -0.25) is 0 Å². The molecule has 0 rings (SSSR count).